The van der Waals surface area contributed by atoms with Crippen molar-refractivity contribution in [1.29, 1.82) is 0 Å². The lowest BCUT2D eigenvalue weighted by atomic mass is 10.2. The molecule has 0 spiro atoms. The normalized spacial score (nSPS) is 13.3. The minimum Gasteiger partial charge on any atom is -0.495 e. The van der Waals surface area contributed by atoms with E-state index in [1.807, 2.05) is 0 Å². The molecule has 186 valence electrons. The molecule has 0 aliphatic heterocycles. The Kier molecular flexibility index (Phi) is 8.64. The number of rotatable bonds is 10. The summed E-state index contributed by atoms with van der Waals surface area (Å²) >= 11 is 1.12. The second-order valence-corrected chi connectivity index (χ2v) is 8.87. The lowest BCUT2D eigenvalue weighted by molar-refractivity contribution is -0.137. The predicted molar refractivity (Wildman–Crippen MR) is 126 cm³/mol. The molecule has 0 bridgehead atoms. The maximum Gasteiger partial charge on any atom is 0.416 e. The fourth-order valence-corrected chi connectivity index (χ4v) is 4.90. The zero-order valence-corrected chi connectivity index (χ0v) is 20.3. The lowest BCUT2D eigenvalue weighted by Crippen LogP contribution is -2.34. The number of alkyl halides is 3. The Balaban J connectivity index is 1.73. The Morgan fingerprint density at radius 1 is 1.26 bits per heavy atom. The third-order valence-corrected chi connectivity index (χ3v) is 6.89. The van der Waals surface area contributed by atoms with Gasteiger partial charge in [-0.25, -0.2) is 4.79 Å². The Morgan fingerprint density at radius 2 is 2.00 bits per heavy atom. The molecule has 0 radical (unpaired) electrons. The monoisotopic (exact) mass is 498 g/mol. The summed E-state index contributed by atoms with van der Waals surface area (Å²) in [5.74, 6) is -0.482. The van der Waals surface area contributed by atoms with Crippen LogP contribution in [0.3, 0.4) is 0 Å². The van der Waals surface area contributed by atoms with Crippen LogP contribution in [0, 0.1) is 0 Å². The van der Waals surface area contributed by atoms with E-state index in [4.69, 9.17) is 4.74 Å². The number of anilines is 1. The molecule has 0 saturated carbocycles. The average Bonchev–Trinajstić information content (AvgIpc) is 3.29. The van der Waals surface area contributed by atoms with Gasteiger partial charge in [-0.2, -0.15) is 18.2 Å². The second-order valence-electron chi connectivity index (χ2n) is 7.91. The summed E-state index contributed by atoms with van der Waals surface area (Å²) in [5.41, 5.74) is 0.662. The van der Waals surface area contributed by atoms with Gasteiger partial charge < -0.3 is 15.0 Å². The molecular formula is C23H29F3N4O3S. The van der Waals surface area contributed by atoms with Crippen molar-refractivity contribution in [2.75, 3.05) is 37.8 Å². The molecule has 34 heavy (non-hydrogen) atoms. The quantitative estimate of drug-likeness (QED) is 0.396. The number of nitrogens with zero attached hydrogens (tertiary/aromatic N) is 3. The third-order valence-electron chi connectivity index (χ3n) is 5.88. The SMILES string of the molecule is CCN(CC)CCn1c2c(c(SCC(=O)Nc3cc(C(F)(F)F)ccc3OC)nc1=O)CCC2. The number of benzene rings is 1. The van der Waals surface area contributed by atoms with E-state index in [-0.39, 0.29) is 22.9 Å². The van der Waals surface area contributed by atoms with Gasteiger partial charge in [-0.1, -0.05) is 25.6 Å². The van der Waals surface area contributed by atoms with Crippen LogP contribution in [0.2, 0.25) is 0 Å². The highest BCUT2D eigenvalue weighted by Crippen LogP contribution is 2.35. The topological polar surface area (TPSA) is 76.5 Å². The zero-order valence-electron chi connectivity index (χ0n) is 19.5. The standard InChI is InChI=1S/C23H29F3N4O3S/c1-4-29(5-2)11-12-30-18-8-6-7-16(18)21(28-22(30)32)34-14-20(31)27-17-13-15(23(24,25)26)9-10-19(17)33-3/h9-10,13H,4-8,11-12,14H2,1-3H3,(H,27,31). The summed E-state index contributed by atoms with van der Waals surface area (Å²) in [6, 6.07) is 2.90. The number of carbonyl (C=O) groups excluding carboxylic acids is 1. The summed E-state index contributed by atoms with van der Waals surface area (Å²) < 4.78 is 45.9. The molecule has 3 rings (SSSR count). The molecule has 0 unspecified atom stereocenters. The molecule has 1 aromatic heterocycles. The van der Waals surface area contributed by atoms with Crippen LogP contribution in [0.4, 0.5) is 18.9 Å². The number of likely N-dealkylation sites (N-methyl/N-ethyl adjacent to an activating group) is 1. The van der Waals surface area contributed by atoms with Crippen molar-refractivity contribution in [3.63, 3.8) is 0 Å². The number of methoxy groups -OCH3 is 1. The van der Waals surface area contributed by atoms with E-state index in [0.717, 1.165) is 80.1 Å². The van der Waals surface area contributed by atoms with Crippen molar-refractivity contribution in [1.82, 2.24) is 14.5 Å². The van der Waals surface area contributed by atoms with Crippen molar-refractivity contribution in [2.45, 2.75) is 50.9 Å². The molecule has 0 atom stereocenters. The number of thioether (sulfide) groups is 1. The zero-order chi connectivity index (χ0) is 24.9. The van der Waals surface area contributed by atoms with Crippen LogP contribution in [-0.4, -0.2) is 52.9 Å². The van der Waals surface area contributed by atoms with Gasteiger partial charge in [-0.3, -0.25) is 9.36 Å². The van der Waals surface area contributed by atoms with E-state index in [0.29, 0.717) is 11.6 Å². The molecule has 7 nitrogen and oxygen atoms in total. The van der Waals surface area contributed by atoms with Gasteiger partial charge in [0.1, 0.15) is 10.8 Å². The molecule has 1 aliphatic carbocycles. The van der Waals surface area contributed by atoms with Crippen molar-refractivity contribution >= 4 is 23.4 Å². The first kappa shape index (κ1) is 26.1. The first-order valence-corrected chi connectivity index (χ1v) is 12.2. The molecule has 2 aromatic rings. The largest absolute Gasteiger partial charge is 0.495 e. The van der Waals surface area contributed by atoms with Gasteiger partial charge in [0, 0.05) is 24.3 Å². The van der Waals surface area contributed by atoms with Crippen LogP contribution < -0.4 is 15.7 Å². The van der Waals surface area contributed by atoms with E-state index in [2.05, 4.69) is 29.0 Å². The fourth-order valence-electron chi connectivity index (χ4n) is 4.02. The smallest absolute Gasteiger partial charge is 0.416 e. The number of halogens is 3. The van der Waals surface area contributed by atoms with Gasteiger partial charge in [0.2, 0.25) is 5.91 Å². The minimum absolute atomic E-state index is 0.0621. The van der Waals surface area contributed by atoms with Gasteiger partial charge in [-0.05, 0) is 50.6 Å². The molecule has 1 aromatic carbocycles. The highest BCUT2D eigenvalue weighted by atomic mass is 32.2. The van der Waals surface area contributed by atoms with Crippen molar-refractivity contribution in [3.8, 4) is 5.75 Å². The number of ether oxygens (including phenoxy) is 1. The molecule has 1 N–H and O–H groups in total. The van der Waals surface area contributed by atoms with Crippen LogP contribution in [0.1, 0.15) is 37.1 Å². The van der Waals surface area contributed by atoms with E-state index in [1.165, 1.54) is 7.11 Å². The van der Waals surface area contributed by atoms with Crippen LogP contribution >= 0.6 is 11.8 Å². The summed E-state index contributed by atoms with van der Waals surface area (Å²) in [7, 11) is 1.31. The lowest BCUT2D eigenvalue weighted by Gasteiger charge is -2.20. The molecule has 1 heterocycles. The maximum atomic E-state index is 13.0. The van der Waals surface area contributed by atoms with Gasteiger partial charge in [0.15, 0.2) is 0 Å². The van der Waals surface area contributed by atoms with Crippen molar-refractivity contribution in [2.24, 2.45) is 0 Å². The van der Waals surface area contributed by atoms with Crippen LogP contribution in [0.15, 0.2) is 28.0 Å². The molecule has 0 saturated heterocycles. The Hall–Kier alpha value is -2.53. The third kappa shape index (κ3) is 6.12. The Bertz CT molecular complexity index is 1080. The Morgan fingerprint density at radius 3 is 2.65 bits per heavy atom. The highest BCUT2D eigenvalue weighted by molar-refractivity contribution is 8.00. The first-order valence-electron chi connectivity index (χ1n) is 11.2. The summed E-state index contributed by atoms with van der Waals surface area (Å²) in [6.45, 7) is 7.29. The Labute approximate surface area is 200 Å². The number of carbonyl (C=O) groups is 1. The van der Waals surface area contributed by atoms with Gasteiger partial charge >= 0.3 is 11.9 Å². The summed E-state index contributed by atoms with van der Waals surface area (Å²) in [4.78, 5) is 31.7. The second kappa shape index (κ2) is 11.3. The van der Waals surface area contributed by atoms with Crippen molar-refractivity contribution < 1.29 is 22.7 Å². The number of hydrogen-bond donors (Lipinski definition) is 1. The van der Waals surface area contributed by atoms with Gasteiger partial charge in [0.25, 0.3) is 0 Å². The van der Waals surface area contributed by atoms with E-state index in [1.54, 1.807) is 4.57 Å². The van der Waals surface area contributed by atoms with E-state index < -0.39 is 17.6 Å². The van der Waals surface area contributed by atoms with Crippen LogP contribution in [0.5, 0.6) is 5.75 Å². The van der Waals surface area contributed by atoms with Gasteiger partial charge in [0.05, 0.1) is 24.1 Å². The van der Waals surface area contributed by atoms with Crippen LogP contribution in [0.25, 0.3) is 0 Å². The minimum atomic E-state index is -4.54. The fraction of sp³-hybridized carbons (Fsp3) is 0.522. The van der Waals surface area contributed by atoms with Crippen LogP contribution in [-0.2, 0) is 30.4 Å². The molecule has 1 aliphatic rings. The number of fused-ring (bicyclic) bond motifs is 1. The maximum absolute atomic E-state index is 13.0. The van der Waals surface area contributed by atoms with E-state index >= 15 is 0 Å². The predicted octanol–water partition coefficient (Wildman–Crippen LogP) is 3.83. The molecule has 11 heteroatoms. The molecular weight excluding hydrogens is 469 g/mol. The highest BCUT2D eigenvalue weighted by Gasteiger charge is 2.31. The molecule has 1 amide bonds. The number of hydrogen-bond acceptors (Lipinski definition) is 6. The summed E-state index contributed by atoms with van der Waals surface area (Å²) in [5, 5.41) is 3.00. The number of nitrogens with one attached hydrogen (secondary N) is 1. The average molecular weight is 499 g/mol. The molecule has 0 fully saturated rings. The number of aromatic nitrogens is 2. The number of amides is 1. The first-order chi connectivity index (χ1) is 16.2. The van der Waals surface area contributed by atoms with E-state index in [9.17, 15) is 22.8 Å². The van der Waals surface area contributed by atoms with Crippen molar-refractivity contribution in [3.05, 3.63) is 45.5 Å². The van der Waals surface area contributed by atoms with Gasteiger partial charge in [-0.15, -0.1) is 0 Å². The summed E-state index contributed by atoms with van der Waals surface area (Å²) in [6.07, 6.45) is -2.07.